The number of carbonyl (C=O) groups is 1. The average Bonchev–Trinajstić information content (AvgIpc) is 3.40. The second-order valence-electron chi connectivity index (χ2n) is 8.44. The molecule has 0 radical (unpaired) electrons. The van der Waals surface area contributed by atoms with Gasteiger partial charge in [0.05, 0.1) is 0 Å². The first kappa shape index (κ1) is 19.3. The van der Waals surface area contributed by atoms with Crippen molar-refractivity contribution in [2.24, 2.45) is 11.8 Å². The molecule has 150 valence electrons. The Morgan fingerprint density at radius 1 is 1.14 bits per heavy atom. The summed E-state index contributed by atoms with van der Waals surface area (Å²) in [5.74, 6) is 2.04. The van der Waals surface area contributed by atoms with Crippen molar-refractivity contribution in [2.45, 2.75) is 52.1 Å². The van der Waals surface area contributed by atoms with Gasteiger partial charge in [0.15, 0.2) is 0 Å². The molecule has 1 aromatic carbocycles. The van der Waals surface area contributed by atoms with Crippen LogP contribution in [0.15, 0.2) is 24.3 Å². The first-order valence-corrected chi connectivity index (χ1v) is 11.1. The molecule has 2 N–H and O–H groups in total. The van der Waals surface area contributed by atoms with Crippen LogP contribution in [-0.2, 0) is 13.1 Å². The number of anilines is 1. The zero-order valence-electron chi connectivity index (χ0n) is 16.6. The van der Waals surface area contributed by atoms with Crippen molar-refractivity contribution in [1.29, 1.82) is 0 Å². The SMILES string of the molecule is CC1CC(C)CN(Cc2ccccc2CNC(=O)Nc2nnc(C3CC3)s2)C1. The van der Waals surface area contributed by atoms with Crippen LogP contribution in [-0.4, -0.2) is 34.2 Å². The molecule has 7 heteroatoms. The Hall–Kier alpha value is -1.99. The van der Waals surface area contributed by atoms with E-state index in [2.05, 4.69) is 57.8 Å². The van der Waals surface area contributed by atoms with Crippen LogP contribution in [0.3, 0.4) is 0 Å². The van der Waals surface area contributed by atoms with Gasteiger partial charge in [-0.05, 0) is 42.2 Å². The number of likely N-dealkylation sites (tertiary alicyclic amines) is 1. The average molecular weight is 400 g/mol. The molecular weight excluding hydrogens is 370 g/mol. The number of amides is 2. The molecule has 2 fully saturated rings. The summed E-state index contributed by atoms with van der Waals surface area (Å²) >= 11 is 1.48. The zero-order valence-corrected chi connectivity index (χ0v) is 17.5. The van der Waals surface area contributed by atoms with Crippen molar-refractivity contribution >= 4 is 22.5 Å². The van der Waals surface area contributed by atoms with Crippen LogP contribution in [0.2, 0.25) is 0 Å². The molecule has 1 aliphatic heterocycles. The monoisotopic (exact) mass is 399 g/mol. The summed E-state index contributed by atoms with van der Waals surface area (Å²) in [6, 6.07) is 8.16. The van der Waals surface area contributed by atoms with Crippen LogP contribution in [0.5, 0.6) is 0 Å². The molecule has 2 aliphatic rings. The van der Waals surface area contributed by atoms with Gasteiger partial charge in [-0.15, -0.1) is 10.2 Å². The van der Waals surface area contributed by atoms with Crippen molar-refractivity contribution in [1.82, 2.24) is 20.4 Å². The minimum Gasteiger partial charge on any atom is -0.334 e. The molecule has 2 heterocycles. The molecule has 1 saturated carbocycles. The largest absolute Gasteiger partial charge is 0.334 e. The Balaban J connectivity index is 1.32. The highest BCUT2D eigenvalue weighted by Crippen LogP contribution is 2.42. The van der Waals surface area contributed by atoms with Gasteiger partial charge in [0, 0.05) is 32.1 Å². The second kappa shape index (κ2) is 8.57. The van der Waals surface area contributed by atoms with Crippen molar-refractivity contribution in [3.05, 3.63) is 40.4 Å². The van der Waals surface area contributed by atoms with E-state index in [1.165, 1.54) is 41.7 Å². The van der Waals surface area contributed by atoms with Gasteiger partial charge in [-0.2, -0.15) is 0 Å². The number of nitrogens with zero attached hydrogens (tertiary/aromatic N) is 3. The van der Waals surface area contributed by atoms with E-state index in [0.29, 0.717) is 17.6 Å². The van der Waals surface area contributed by atoms with Gasteiger partial charge in [0.1, 0.15) is 5.01 Å². The fourth-order valence-electron chi connectivity index (χ4n) is 4.14. The molecule has 4 rings (SSSR count). The van der Waals surface area contributed by atoms with E-state index in [4.69, 9.17) is 0 Å². The molecule has 2 amide bonds. The van der Waals surface area contributed by atoms with Crippen LogP contribution in [0.1, 0.15) is 55.2 Å². The molecule has 1 aromatic heterocycles. The first-order valence-electron chi connectivity index (χ1n) is 10.2. The fraction of sp³-hybridized carbons (Fsp3) is 0.571. The minimum atomic E-state index is -0.228. The molecular formula is C21H29N5OS. The molecule has 0 bridgehead atoms. The summed E-state index contributed by atoms with van der Waals surface area (Å²) in [6.07, 6.45) is 3.69. The van der Waals surface area contributed by atoms with Crippen molar-refractivity contribution in [3.63, 3.8) is 0 Å². The molecule has 2 atom stereocenters. The maximum atomic E-state index is 12.3. The Kier molecular flexibility index (Phi) is 5.92. The molecule has 1 saturated heterocycles. The number of nitrogens with one attached hydrogen (secondary N) is 2. The van der Waals surface area contributed by atoms with Crippen LogP contribution in [0.4, 0.5) is 9.93 Å². The number of hydrogen-bond acceptors (Lipinski definition) is 5. The van der Waals surface area contributed by atoms with Crippen LogP contribution < -0.4 is 10.6 Å². The highest BCUT2D eigenvalue weighted by atomic mass is 32.1. The van der Waals surface area contributed by atoms with Gasteiger partial charge < -0.3 is 5.32 Å². The smallest absolute Gasteiger partial charge is 0.321 e. The molecule has 2 unspecified atom stereocenters. The van der Waals surface area contributed by atoms with Gasteiger partial charge in [-0.1, -0.05) is 49.4 Å². The molecule has 0 spiro atoms. The number of carbonyl (C=O) groups excluding carboxylic acids is 1. The number of rotatable bonds is 6. The maximum Gasteiger partial charge on any atom is 0.321 e. The molecule has 6 nitrogen and oxygen atoms in total. The van der Waals surface area contributed by atoms with Gasteiger partial charge in [-0.25, -0.2) is 4.79 Å². The van der Waals surface area contributed by atoms with E-state index in [9.17, 15) is 4.79 Å². The van der Waals surface area contributed by atoms with Crippen molar-refractivity contribution in [2.75, 3.05) is 18.4 Å². The first-order chi connectivity index (χ1) is 13.6. The van der Waals surface area contributed by atoms with E-state index in [1.54, 1.807) is 0 Å². The Morgan fingerprint density at radius 3 is 2.57 bits per heavy atom. The predicted octanol–water partition coefficient (Wildman–Crippen LogP) is 4.22. The third-order valence-corrected chi connectivity index (χ3v) is 6.49. The van der Waals surface area contributed by atoms with Crippen LogP contribution in [0.25, 0.3) is 0 Å². The fourth-order valence-corrected chi connectivity index (χ4v) is 5.05. The van der Waals surface area contributed by atoms with Crippen LogP contribution >= 0.6 is 11.3 Å². The Labute approximate surface area is 170 Å². The predicted molar refractivity (Wildman–Crippen MR) is 112 cm³/mol. The summed E-state index contributed by atoms with van der Waals surface area (Å²) in [5, 5.41) is 15.6. The molecule has 28 heavy (non-hydrogen) atoms. The number of hydrogen-bond donors (Lipinski definition) is 2. The van der Waals surface area contributed by atoms with Gasteiger partial charge in [0.2, 0.25) is 5.13 Å². The number of piperidine rings is 1. The minimum absolute atomic E-state index is 0.228. The normalized spacial score (nSPS) is 22.8. The summed E-state index contributed by atoms with van der Waals surface area (Å²) < 4.78 is 0. The molecule has 1 aliphatic carbocycles. The summed E-state index contributed by atoms with van der Waals surface area (Å²) in [5.41, 5.74) is 2.45. The maximum absolute atomic E-state index is 12.3. The lowest BCUT2D eigenvalue weighted by molar-refractivity contribution is 0.134. The Morgan fingerprint density at radius 2 is 1.86 bits per heavy atom. The summed E-state index contributed by atoms with van der Waals surface area (Å²) in [7, 11) is 0. The summed E-state index contributed by atoms with van der Waals surface area (Å²) in [6.45, 7) is 8.41. The highest BCUT2D eigenvalue weighted by molar-refractivity contribution is 7.15. The Bertz CT molecular complexity index is 809. The van der Waals surface area contributed by atoms with Gasteiger partial charge >= 0.3 is 6.03 Å². The van der Waals surface area contributed by atoms with Crippen LogP contribution in [0, 0.1) is 11.8 Å². The van der Waals surface area contributed by atoms with E-state index in [1.807, 2.05) is 6.07 Å². The van der Waals surface area contributed by atoms with Gasteiger partial charge in [-0.3, -0.25) is 10.2 Å². The lowest BCUT2D eigenvalue weighted by Crippen LogP contribution is -2.38. The van der Waals surface area contributed by atoms with E-state index >= 15 is 0 Å². The molecule has 2 aromatic rings. The highest BCUT2D eigenvalue weighted by Gasteiger charge is 2.27. The topological polar surface area (TPSA) is 70.2 Å². The standard InChI is InChI=1S/C21H29N5OS/c1-14-9-15(2)12-26(11-14)13-18-6-4-3-5-17(18)10-22-20(27)23-21-25-24-19(28-21)16-7-8-16/h3-6,14-16H,7-13H2,1-2H3,(H2,22,23,25,27). The number of benzene rings is 1. The third kappa shape index (κ3) is 5.08. The van der Waals surface area contributed by atoms with Crippen molar-refractivity contribution < 1.29 is 4.79 Å². The van der Waals surface area contributed by atoms with Crippen molar-refractivity contribution in [3.8, 4) is 0 Å². The lowest BCUT2D eigenvalue weighted by atomic mass is 9.91. The van der Waals surface area contributed by atoms with Gasteiger partial charge in [0.25, 0.3) is 0 Å². The number of aromatic nitrogens is 2. The quantitative estimate of drug-likeness (QED) is 0.763. The van der Waals surface area contributed by atoms with E-state index in [0.717, 1.165) is 36.5 Å². The van der Waals surface area contributed by atoms with E-state index < -0.39 is 0 Å². The lowest BCUT2D eigenvalue weighted by Gasteiger charge is -2.35. The summed E-state index contributed by atoms with van der Waals surface area (Å²) in [4.78, 5) is 14.8. The van der Waals surface area contributed by atoms with E-state index in [-0.39, 0.29) is 6.03 Å². The zero-order chi connectivity index (χ0) is 19.5. The second-order valence-corrected chi connectivity index (χ2v) is 9.45. The third-order valence-electron chi connectivity index (χ3n) is 5.48. The number of urea groups is 1.